The first-order valence-corrected chi connectivity index (χ1v) is 5.81. The zero-order valence-electron chi connectivity index (χ0n) is 8.84. The molecule has 2 nitrogen and oxygen atoms in total. The van der Waals surface area contributed by atoms with Crippen LogP contribution in [-0.4, -0.2) is 10.2 Å². The number of aromatic amines is 1. The van der Waals surface area contributed by atoms with Crippen molar-refractivity contribution in [1.82, 2.24) is 10.2 Å². The Hall–Kier alpha value is -1.09. The second-order valence-electron chi connectivity index (χ2n) is 3.58. The first kappa shape index (κ1) is 10.4. The fourth-order valence-electron chi connectivity index (χ4n) is 1.50. The lowest BCUT2D eigenvalue weighted by molar-refractivity contribution is 0.973. The molecule has 1 aromatic heterocycles. The molecule has 0 aliphatic carbocycles. The van der Waals surface area contributed by atoms with Crippen molar-refractivity contribution in [2.24, 2.45) is 0 Å². The van der Waals surface area contributed by atoms with E-state index in [0.29, 0.717) is 0 Å². The lowest BCUT2D eigenvalue weighted by Crippen LogP contribution is -1.80. The molecular weight excluding hydrogens is 252 g/mol. The van der Waals surface area contributed by atoms with Crippen LogP contribution in [0.3, 0.4) is 0 Å². The first-order valence-electron chi connectivity index (χ1n) is 5.02. The Labute approximate surface area is 97.8 Å². The van der Waals surface area contributed by atoms with Crippen LogP contribution in [0.4, 0.5) is 0 Å². The number of aryl methyl sites for hydroxylation is 2. The van der Waals surface area contributed by atoms with Crippen molar-refractivity contribution in [3.05, 3.63) is 40.0 Å². The summed E-state index contributed by atoms with van der Waals surface area (Å²) in [6.07, 6.45) is 0.958. The molecule has 2 aromatic rings. The van der Waals surface area contributed by atoms with Gasteiger partial charge in [0, 0.05) is 11.3 Å². The Kier molecular flexibility index (Phi) is 2.91. The van der Waals surface area contributed by atoms with E-state index in [0.717, 1.165) is 27.8 Å². The standard InChI is InChI=1S/C12H13BrN2/c1-3-10-11(13)12(15-14-10)9-6-4-8(2)5-7-9/h4-7H,3H2,1-2H3,(H,14,15). The van der Waals surface area contributed by atoms with E-state index in [1.165, 1.54) is 5.56 Å². The highest BCUT2D eigenvalue weighted by atomic mass is 79.9. The minimum Gasteiger partial charge on any atom is -0.281 e. The molecular formula is C12H13BrN2. The molecule has 0 unspecified atom stereocenters. The third-order valence-electron chi connectivity index (χ3n) is 2.45. The molecule has 78 valence electrons. The average molecular weight is 265 g/mol. The van der Waals surface area contributed by atoms with E-state index in [1.54, 1.807) is 0 Å². The van der Waals surface area contributed by atoms with Crippen molar-refractivity contribution in [1.29, 1.82) is 0 Å². The summed E-state index contributed by atoms with van der Waals surface area (Å²) < 4.78 is 1.08. The zero-order valence-corrected chi connectivity index (χ0v) is 10.4. The van der Waals surface area contributed by atoms with Gasteiger partial charge in [0.15, 0.2) is 0 Å². The van der Waals surface area contributed by atoms with Gasteiger partial charge in [-0.25, -0.2) is 0 Å². The van der Waals surface area contributed by atoms with Gasteiger partial charge in [0.2, 0.25) is 0 Å². The average Bonchev–Trinajstić information content (AvgIpc) is 2.61. The van der Waals surface area contributed by atoms with E-state index in [9.17, 15) is 0 Å². The lowest BCUT2D eigenvalue weighted by Gasteiger charge is -1.98. The van der Waals surface area contributed by atoms with Crippen molar-refractivity contribution < 1.29 is 0 Å². The molecule has 0 saturated heterocycles. The first-order chi connectivity index (χ1) is 7.22. The molecule has 0 aliphatic rings. The third kappa shape index (κ3) is 1.97. The second kappa shape index (κ2) is 4.19. The predicted octanol–water partition coefficient (Wildman–Crippen LogP) is 3.71. The number of nitrogens with one attached hydrogen (secondary N) is 1. The summed E-state index contributed by atoms with van der Waals surface area (Å²) in [6, 6.07) is 8.38. The number of aromatic nitrogens is 2. The van der Waals surface area contributed by atoms with Gasteiger partial charge in [-0.05, 0) is 29.3 Å². The summed E-state index contributed by atoms with van der Waals surface area (Å²) in [5.74, 6) is 0. The van der Waals surface area contributed by atoms with Crippen LogP contribution in [0.15, 0.2) is 28.7 Å². The van der Waals surface area contributed by atoms with E-state index >= 15 is 0 Å². The van der Waals surface area contributed by atoms with Crippen molar-refractivity contribution in [2.75, 3.05) is 0 Å². The molecule has 1 N–H and O–H groups in total. The van der Waals surface area contributed by atoms with E-state index in [2.05, 4.69) is 64.2 Å². The number of nitrogens with zero attached hydrogens (tertiary/aromatic N) is 1. The van der Waals surface area contributed by atoms with Gasteiger partial charge in [0.25, 0.3) is 0 Å². The van der Waals surface area contributed by atoms with Gasteiger partial charge in [0.1, 0.15) is 5.69 Å². The Morgan fingerprint density at radius 1 is 1.27 bits per heavy atom. The van der Waals surface area contributed by atoms with Gasteiger partial charge in [-0.3, -0.25) is 5.10 Å². The van der Waals surface area contributed by atoms with Gasteiger partial charge < -0.3 is 0 Å². The Morgan fingerprint density at radius 3 is 2.47 bits per heavy atom. The van der Waals surface area contributed by atoms with Crippen molar-refractivity contribution >= 4 is 15.9 Å². The van der Waals surface area contributed by atoms with Gasteiger partial charge in [-0.1, -0.05) is 36.8 Å². The van der Waals surface area contributed by atoms with Crippen molar-refractivity contribution in [3.63, 3.8) is 0 Å². The fraction of sp³-hybridized carbons (Fsp3) is 0.250. The quantitative estimate of drug-likeness (QED) is 0.881. The summed E-state index contributed by atoms with van der Waals surface area (Å²) in [7, 11) is 0. The maximum atomic E-state index is 4.31. The summed E-state index contributed by atoms with van der Waals surface area (Å²) in [4.78, 5) is 0. The number of rotatable bonds is 2. The molecule has 3 heteroatoms. The Balaban J connectivity index is 2.45. The van der Waals surface area contributed by atoms with Gasteiger partial charge >= 0.3 is 0 Å². The topological polar surface area (TPSA) is 28.7 Å². The predicted molar refractivity (Wildman–Crippen MR) is 65.8 cm³/mol. The number of hydrogen-bond acceptors (Lipinski definition) is 1. The molecule has 2 rings (SSSR count). The summed E-state index contributed by atoms with van der Waals surface area (Å²) in [6.45, 7) is 4.19. The van der Waals surface area contributed by atoms with Crippen molar-refractivity contribution in [3.8, 4) is 11.3 Å². The van der Waals surface area contributed by atoms with E-state index < -0.39 is 0 Å². The highest BCUT2D eigenvalue weighted by molar-refractivity contribution is 9.10. The Morgan fingerprint density at radius 2 is 1.93 bits per heavy atom. The maximum Gasteiger partial charge on any atom is 0.107 e. The molecule has 0 bridgehead atoms. The Bertz CT molecular complexity index is 457. The molecule has 1 aromatic carbocycles. The molecule has 0 atom stereocenters. The van der Waals surface area contributed by atoms with Crippen LogP contribution in [0, 0.1) is 6.92 Å². The smallest absolute Gasteiger partial charge is 0.107 e. The SMILES string of the molecule is CCc1[nH]nc(-c2ccc(C)cc2)c1Br. The molecule has 0 saturated carbocycles. The fourth-order valence-corrected chi connectivity index (χ4v) is 2.19. The van der Waals surface area contributed by atoms with E-state index in [-0.39, 0.29) is 0 Å². The largest absolute Gasteiger partial charge is 0.281 e. The van der Waals surface area contributed by atoms with E-state index in [4.69, 9.17) is 0 Å². The van der Waals surface area contributed by atoms with Crippen LogP contribution in [0.2, 0.25) is 0 Å². The molecule has 0 fully saturated rings. The van der Waals surface area contributed by atoms with Gasteiger partial charge in [-0.15, -0.1) is 0 Å². The second-order valence-corrected chi connectivity index (χ2v) is 4.38. The molecule has 0 radical (unpaired) electrons. The van der Waals surface area contributed by atoms with Crippen LogP contribution in [-0.2, 0) is 6.42 Å². The summed E-state index contributed by atoms with van der Waals surface area (Å²) in [5.41, 5.74) is 4.54. The van der Waals surface area contributed by atoms with Crippen LogP contribution >= 0.6 is 15.9 Å². The van der Waals surface area contributed by atoms with Gasteiger partial charge in [-0.2, -0.15) is 5.10 Å². The number of hydrogen-bond donors (Lipinski definition) is 1. The number of benzene rings is 1. The highest BCUT2D eigenvalue weighted by Crippen LogP contribution is 2.29. The maximum absolute atomic E-state index is 4.31. The normalized spacial score (nSPS) is 10.6. The zero-order chi connectivity index (χ0) is 10.8. The summed E-state index contributed by atoms with van der Waals surface area (Å²) in [5, 5.41) is 7.35. The van der Waals surface area contributed by atoms with E-state index in [1.807, 2.05) is 0 Å². The monoisotopic (exact) mass is 264 g/mol. The number of H-pyrrole nitrogens is 1. The van der Waals surface area contributed by atoms with Crippen LogP contribution in [0.25, 0.3) is 11.3 Å². The minimum atomic E-state index is 0.958. The van der Waals surface area contributed by atoms with Crippen LogP contribution in [0.1, 0.15) is 18.2 Å². The molecule has 0 amide bonds. The summed E-state index contributed by atoms with van der Waals surface area (Å²) >= 11 is 3.57. The highest BCUT2D eigenvalue weighted by Gasteiger charge is 2.10. The third-order valence-corrected chi connectivity index (χ3v) is 3.31. The molecule has 15 heavy (non-hydrogen) atoms. The molecule has 0 spiro atoms. The van der Waals surface area contributed by atoms with Crippen molar-refractivity contribution in [2.45, 2.75) is 20.3 Å². The van der Waals surface area contributed by atoms with Crippen LogP contribution in [0.5, 0.6) is 0 Å². The molecule has 1 heterocycles. The molecule has 0 aliphatic heterocycles. The van der Waals surface area contributed by atoms with Crippen LogP contribution < -0.4 is 0 Å². The number of halogens is 1. The minimum absolute atomic E-state index is 0.958. The van der Waals surface area contributed by atoms with Gasteiger partial charge in [0.05, 0.1) is 4.47 Å². The lowest BCUT2D eigenvalue weighted by atomic mass is 10.1.